The Morgan fingerprint density at radius 3 is 3.10 bits per heavy atom. The molecule has 1 fully saturated rings. The minimum absolute atomic E-state index is 0.621. The molecule has 0 amide bonds. The van der Waals surface area contributed by atoms with Gasteiger partial charge in [0.2, 0.25) is 0 Å². The van der Waals surface area contributed by atoms with Gasteiger partial charge >= 0.3 is 0 Å². The highest BCUT2D eigenvalue weighted by Crippen LogP contribution is 2.35. The van der Waals surface area contributed by atoms with E-state index in [-0.39, 0.29) is 0 Å². The summed E-state index contributed by atoms with van der Waals surface area (Å²) < 4.78 is 5.53. The van der Waals surface area contributed by atoms with Crippen LogP contribution < -0.4 is 4.90 Å². The quantitative estimate of drug-likeness (QED) is 0.785. The van der Waals surface area contributed by atoms with Crippen molar-refractivity contribution in [3.8, 4) is 0 Å². The number of fused-ring (bicyclic) bond motifs is 1. The van der Waals surface area contributed by atoms with Gasteiger partial charge in [-0.05, 0) is 57.1 Å². The largest absolute Gasteiger partial charge is 0.381 e. The van der Waals surface area contributed by atoms with Crippen LogP contribution in [0.2, 0.25) is 0 Å². The number of rotatable bonds is 3. The summed E-state index contributed by atoms with van der Waals surface area (Å²) in [6.07, 6.45) is 7.97. The van der Waals surface area contributed by atoms with Gasteiger partial charge in [0.15, 0.2) is 0 Å². The van der Waals surface area contributed by atoms with E-state index in [1.165, 1.54) is 30.5 Å². The van der Waals surface area contributed by atoms with Crippen LogP contribution in [0.25, 0.3) is 0 Å². The molecular formula is C18H26N2O. The molecule has 3 heteroatoms. The summed E-state index contributed by atoms with van der Waals surface area (Å²) >= 11 is 0. The maximum absolute atomic E-state index is 5.53. The predicted molar refractivity (Wildman–Crippen MR) is 88.9 cm³/mol. The van der Waals surface area contributed by atoms with E-state index in [4.69, 9.17) is 9.73 Å². The molecule has 0 radical (unpaired) electrons. The van der Waals surface area contributed by atoms with Crippen molar-refractivity contribution in [3.05, 3.63) is 23.8 Å². The van der Waals surface area contributed by atoms with Crippen LogP contribution in [0.5, 0.6) is 0 Å². The number of ether oxygens (including phenoxy) is 1. The Morgan fingerprint density at radius 1 is 1.38 bits per heavy atom. The summed E-state index contributed by atoms with van der Waals surface area (Å²) in [4.78, 5) is 7.15. The van der Waals surface area contributed by atoms with Crippen LogP contribution in [-0.2, 0) is 11.2 Å². The number of benzene rings is 1. The lowest BCUT2D eigenvalue weighted by Gasteiger charge is -2.34. The summed E-state index contributed by atoms with van der Waals surface area (Å²) in [5, 5.41) is 0. The predicted octanol–water partition coefficient (Wildman–Crippen LogP) is 3.98. The molecule has 0 saturated carbocycles. The number of aliphatic imine (C=N–C) groups is 1. The average molecular weight is 286 g/mol. The average Bonchev–Trinajstić information content (AvgIpc) is 2.52. The van der Waals surface area contributed by atoms with Gasteiger partial charge in [0.05, 0.1) is 5.69 Å². The number of nitrogens with zero attached hydrogens (tertiary/aromatic N) is 2. The highest BCUT2D eigenvalue weighted by Gasteiger charge is 2.21. The SMILES string of the molecule is CC1CCc2c(N=CCC3CCCOC3)cccc2N1C. The first-order valence-corrected chi connectivity index (χ1v) is 8.20. The molecule has 2 aliphatic heterocycles. The summed E-state index contributed by atoms with van der Waals surface area (Å²) in [5.41, 5.74) is 3.92. The van der Waals surface area contributed by atoms with E-state index in [1.807, 2.05) is 0 Å². The van der Waals surface area contributed by atoms with Crippen molar-refractivity contribution in [2.24, 2.45) is 10.9 Å². The summed E-state index contributed by atoms with van der Waals surface area (Å²) in [7, 11) is 2.19. The zero-order chi connectivity index (χ0) is 14.7. The summed E-state index contributed by atoms with van der Waals surface area (Å²) in [6, 6.07) is 7.12. The van der Waals surface area contributed by atoms with Crippen LogP contribution in [0, 0.1) is 5.92 Å². The van der Waals surface area contributed by atoms with Crippen molar-refractivity contribution in [1.82, 2.24) is 0 Å². The van der Waals surface area contributed by atoms with Crippen molar-refractivity contribution < 1.29 is 4.74 Å². The fourth-order valence-electron chi connectivity index (χ4n) is 3.35. The third kappa shape index (κ3) is 3.29. The molecule has 2 aliphatic rings. The maximum atomic E-state index is 5.53. The molecule has 2 unspecified atom stereocenters. The fraction of sp³-hybridized carbons (Fsp3) is 0.611. The Labute approximate surface area is 128 Å². The number of anilines is 1. The first-order valence-electron chi connectivity index (χ1n) is 8.20. The molecule has 2 atom stereocenters. The Morgan fingerprint density at radius 2 is 2.29 bits per heavy atom. The first kappa shape index (κ1) is 14.6. The molecule has 1 aromatic carbocycles. The Bertz CT molecular complexity index is 506. The van der Waals surface area contributed by atoms with Gasteiger partial charge in [-0.2, -0.15) is 0 Å². The van der Waals surface area contributed by atoms with Crippen molar-refractivity contribution in [2.45, 2.75) is 45.1 Å². The van der Waals surface area contributed by atoms with Crippen molar-refractivity contribution in [2.75, 3.05) is 25.2 Å². The van der Waals surface area contributed by atoms with E-state index in [0.29, 0.717) is 12.0 Å². The van der Waals surface area contributed by atoms with Gasteiger partial charge in [0.25, 0.3) is 0 Å². The van der Waals surface area contributed by atoms with Crippen LogP contribution in [0.15, 0.2) is 23.2 Å². The van der Waals surface area contributed by atoms with Crippen LogP contribution in [0.4, 0.5) is 11.4 Å². The number of hydrogen-bond donors (Lipinski definition) is 0. The molecule has 0 aromatic heterocycles. The van der Waals surface area contributed by atoms with Crippen LogP contribution in [0.3, 0.4) is 0 Å². The van der Waals surface area contributed by atoms with E-state index >= 15 is 0 Å². The molecule has 0 bridgehead atoms. The van der Waals surface area contributed by atoms with Crippen LogP contribution in [-0.4, -0.2) is 32.5 Å². The topological polar surface area (TPSA) is 24.8 Å². The molecule has 0 aliphatic carbocycles. The lowest BCUT2D eigenvalue weighted by atomic mass is 9.95. The fourth-order valence-corrected chi connectivity index (χ4v) is 3.35. The zero-order valence-electron chi connectivity index (χ0n) is 13.2. The molecule has 1 aromatic rings. The molecule has 1 saturated heterocycles. The lowest BCUT2D eigenvalue weighted by molar-refractivity contribution is 0.0578. The molecule has 3 nitrogen and oxygen atoms in total. The normalized spacial score (nSPS) is 26.1. The van der Waals surface area contributed by atoms with Gasteiger partial charge in [-0.3, -0.25) is 4.99 Å². The van der Waals surface area contributed by atoms with Gasteiger partial charge in [-0.25, -0.2) is 0 Å². The van der Waals surface area contributed by atoms with Gasteiger partial charge in [-0.15, -0.1) is 0 Å². The second-order valence-electron chi connectivity index (χ2n) is 6.40. The van der Waals surface area contributed by atoms with Gasteiger partial charge in [0.1, 0.15) is 0 Å². The van der Waals surface area contributed by atoms with E-state index in [2.05, 4.69) is 43.3 Å². The summed E-state index contributed by atoms with van der Waals surface area (Å²) in [5.74, 6) is 0.657. The highest BCUT2D eigenvalue weighted by molar-refractivity contribution is 5.71. The third-order valence-corrected chi connectivity index (χ3v) is 4.90. The third-order valence-electron chi connectivity index (χ3n) is 4.90. The summed E-state index contributed by atoms with van der Waals surface area (Å²) in [6.45, 7) is 4.13. The van der Waals surface area contributed by atoms with Crippen molar-refractivity contribution in [1.29, 1.82) is 0 Å². The number of hydrogen-bond acceptors (Lipinski definition) is 3. The molecule has 21 heavy (non-hydrogen) atoms. The minimum Gasteiger partial charge on any atom is -0.381 e. The van der Waals surface area contributed by atoms with E-state index in [0.717, 1.165) is 31.7 Å². The highest BCUT2D eigenvalue weighted by atomic mass is 16.5. The van der Waals surface area contributed by atoms with E-state index < -0.39 is 0 Å². The Hall–Kier alpha value is -1.35. The molecule has 0 N–H and O–H groups in total. The zero-order valence-corrected chi connectivity index (χ0v) is 13.2. The Balaban J connectivity index is 1.71. The van der Waals surface area contributed by atoms with Gasteiger partial charge in [0, 0.05) is 43.8 Å². The van der Waals surface area contributed by atoms with Crippen LogP contribution in [0.1, 0.15) is 38.2 Å². The van der Waals surface area contributed by atoms with E-state index in [9.17, 15) is 0 Å². The Kier molecular flexibility index (Phi) is 4.59. The second kappa shape index (κ2) is 6.61. The standard InChI is InChI=1S/C18H26N2O/c1-14-8-9-16-17(6-3-7-18(16)20(14)2)19-11-10-15-5-4-12-21-13-15/h3,6-7,11,14-15H,4-5,8-10,12-13H2,1-2H3. The van der Waals surface area contributed by atoms with Gasteiger partial charge in [-0.1, -0.05) is 6.07 Å². The van der Waals surface area contributed by atoms with Crippen molar-refractivity contribution >= 4 is 17.6 Å². The monoisotopic (exact) mass is 286 g/mol. The van der Waals surface area contributed by atoms with Crippen molar-refractivity contribution in [3.63, 3.8) is 0 Å². The first-order chi connectivity index (χ1) is 10.3. The molecular weight excluding hydrogens is 260 g/mol. The van der Waals surface area contributed by atoms with Crippen LogP contribution >= 0.6 is 0 Å². The smallest absolute Gasteiger partial charge is 0.0678 e. The molecule has 3 rings (SSSR count). The maximum Gasteiger partial charge on any atom is 0.0678 e. The lowest BCUT2D eigenvalue weighted by Crippen LogP contribution is -2.33. The second-order valence-corrected chi connectivity index (χ2v) is 6.40. The van der Waals surface area contributed by atoms with Gasteiger partial charge < -0.3 is 9.64 Å². The van der Waals surface area contributed by atoms with E-state index in [1.54, 1.807) is 0 Å². The molecule has 0 spiro atoms. The molecule has 114 valence electrons. The molecule has 2 heterocycles. The minimum atomic E-state index is 0.621.